The SMILES string of the molecule is O=C(CCOCC(F)(F)C(F)F)N1CCc2c(F)cc(F)cc21. The number of alkyl halides is 4. The van der Waals surface area contributed by atoms with Gasteiger partial charge >= 0.3 is 12.3 Å². The lowest BCUT2D eigenvalue weighted by Gasteiger charge is -2.18. The third-order valence-electron chi connectivity index (χ3n) is 3.39. The van der Waals surface area contributed by atoms with Gasteiger partial charge < -0.3 is 9.64 Å². The molecule has 9 heteroatoms. The Labute approximate surface area is 127 Å². The van der Waals surface area contributed by atoms with Crippen molar-refractivity contribution in [3.8, 4) is 0 Å². The van der Waals surface area contributed by atoms with Gasteiger partial charge in [0, 0.05) is 18.2 Å². The van der Waals surface area contributed by atoms with Crippen LogP contribution < -0.4 is 4.90 Å². The highest BCUT2D eigenvalue weighted by Crippen LogP contribution is 2.31. The molecule has 0 saturated carbocycles. The van der Waals surface area contributed by atoms with Gasteiger partial charge in [-0.1, -0.05) is 0 Å². The number of benzene rings is 1. The maximum atomic E-state index is 13.5. The van der Waals surface area contributed by atoms with Crippen LogP contribution in [0.5, 0.6) is 0 Å². The van der Waals surface area contributed by atoms with Gasteiger partial charge in [0.2, 0.25) is 5.91 Å². The van der Waals surface area contributed by atoms with Crippen molar-refractivity contribution in [3.05, 3.63) is 29.3 Å². The molecule has 1 amide bonds. The average Bonchev–Trinajstić information content (AvgIpc) is 2.87. The molecule has 3 nitrogen and oxygen atoms in total. The monoisotopic (exact) mass is 341 g/mol. The number of halogens is 6. The Morgan fingerprint density at radius 1 is 1.30 bits per heavy atom. The number of hydrogen-bond donors (Lipinski definition) is 0. The smallest absolute Gasteiger partial charge is 0.330 e. The van der Waals surface area contributed by atoms with Crippen LogP contribution >= 0.6 is 0 Å². The molecule has 1 heterocycles. The molecular weight excluding hydrogens is 328 g/mol. The summed E-state index contributed by atoms with van der Waals surface area (Å²) in [6.07, 6.45) is -4.01. The number of nitrogens with zero attached hydrogens (tertiary/aromatic N) is 1. The summed E-state index contributed by atoms with van der Waals surface area (Å²) in [6, 6.07) is 1.72. The predicted octanol–water partition coefficient (Wildman–Crippen LogP) is 3.16. The highest BCUT2D eigenvalue weighted by atomic mass is 19.3. The quantitative estimate of drug-likeness (QED) is 0.588. The Bertz CT molecular complexity index is 593. The molecule has 0 unspecified atom stereocenters. The van der Waals surface area contributed by atoms with Gasteiger partial charge in [-0.2, -0.15) is 8.78 Å². The van der Waals surface area contributed by atoms with E-state index < -0.39 is 43.1 Å². The van der Waals surface area contributed by atoms with Gasteiger partial charge in [0.1, 0.15) is 18.2 Å². The predicted molar refractivity (Wildman–Crippen MR) is 68.8 cm³/mol. The Morgan fingerprint density at radius 2 is 2.00 bits per heavy atom. The van der Waals surface area contributed by atoms with Gasteiger partial charge in [-0.25, -0.2) is 17.6 Å². The molecule has 0 atom stereocenters. The van der Waals surface area contributed by atoms with Crippen LogP contribution in [0.2, 0.25) is 0 Å². The van der Waals surface area contributed by atoms with Crippen LogP contribution in [0.15, 0.2) is 12.1 Å². The van der Waals surface area contributed by atoms with Crippen molar-refractivity contribution in [2.45, 2.75) is 25.2 Å². The van der Waals surface area contributed by atoms with E-state index in [1.165, 1.54) is 0 Å². The zero-order valence-corrected chi connectivity index (χ0v) is 11.8. The highest BCUT2D eigenvalue weighted by molar-refractivity contribution is 5.95. The molecule has 1 aliphatic rings. The Balaban J connectivity index is 1.90. The summed E-state index contributed by atoms with van der Waals surface area (Å²) in [5, 5.41) is 0. The second kappa shape index (κ2) is 6.77. The maximum absolute atomic E-state index is 13.5. The minimum atomic E-state index is -4.28. The van der Waals surface area contributed by atoms with Gasteiger partial charge in [0.05, 0.1) is 18.7 Å². The topological polar surface area (TPSA) is 29.5 Å². The number of carbonyl (C=O) groups excluding carboxylic acids is 1. The van der Waals surface area contributed by atoms with Gasteiger partial charge in [0.25, 0.3) is 0 Å². The lowest BCUT2D eigenvalue weighted by atomic mass is 10.1. The van der Waals surface area contributed by atoms with Crippen molar-refractivity contribution < 1.29 is 35.9 Å². The first kappa shape index (κ1) is 17.6. The maximum Gasteiger partial charge on any atom is 0.330 e. The molecule has 2 rings (SSSR count). The molecule has 0 aromatic heterocycles. The molecule has 0 bridgehead atoms. The first-order chi connectivity index (χ1) is 10.7. The molecule has 1 aromatic rings. The molecule has 128 valence electrons. The molecule has 0 spiro atoms. The molecule has 0 saturated heterocycles. The van der Waals surface area contributed by atoms with Gasteiger partial charge in [0.15, 0.2) is 0 Å². The summed E-state index contributed by atoms with van der Waals surface area (Å²) in [7, 11) is 0. The minimum absolute atomic E-state index is 0.0883. The van der Waals surface area contributed by atoms with E-state index in [0.29, 0.717) is 6.07 Å². The number of rotatable bonds is 6. The third kappa shape index (κ3) is 3.95. The van der Waals surface area contributed by atoms with E-state index in [1.807, 2.05) is 0 Å². The van der Waals surface area contributed by atoms with Crippen LogP contribution in [0.25, 0.3) is 0 Å². The van der Waals surface area contributed by atoms with Crippen molar-refractivity contribution in [2.24, 2.45) is 0 Å². The van der Waals surface area contributed by atoms with Crippen LogP contribution in [-0.4, -0.2) is 38.0 Å². The van der Waals surface area contributed by atoms with Gasteiger partial charge in [-0.3, -0.25) is 4.79 Å². The Hall–Kier alpha value is -1.77. The summed E-state index contributed by atoms with van der Waals surface area (Å²) in [5.74, 6) is -6.47. The van der Waals surface area contributed by atoms with Crippen LogP contribution in [0.1, 0.15) is 12.0 Å². The second-order valence-corrected chi connectivity index (χ2v) is 5.04. The van der Waals surface area contributed by atoms with Crippen LogP contribution in [0, 0.1) is 11.6 Å². The zero-order valence-electron chi connectivity index (χ0n) is 11.8. The standard InChI is InChI=1S/C14H13F6NO2/c15-8-5-10(16)9-1-3-21(11(9)6-8)12(22)2-4-23-7-14(19,20)13(17)18/h5-6,13H,1-4,7H2. The first-order valence-electron chi connectivity index (χ1n) is 6.74. The molecule has 0 N–H and O–H groups in total. The van der Waals surface area contributed by atoms with E-state index in [4.69, 9.17) is 0 Å². The van der Waals surface area contributed by atoms with E-state index in [0.717, 1.165) is 11.0 Å². The number of hydrogen-bond acceptors (Lipinski definition) is 2. The van der Waals surface area contributed by atoms with Gasteiger partial charge in [-0.05, 0) is 12.5 Å². The molecule has 1 aromatic carbocycles. The number of amides is 1. The van der Waals surface area contributed by atoms with E-state index >= 15 is 0 Å². The number of anilines is 1. The van der Waals surface area contributed by atoms with Gasteiger partial charge in [-0.15, -0.1) is 0 Å². The van der Waals surface area contributed by atoms with E-state index in [9.17, 15) is 31.1 Å². The Morgan fingerprint density at radius 3 is 2.65 bits per heavy atom. The summed E-state index contributed by atoms with van der Waals surface area (Å²) in [5.41, 5.74) is 0.287. The van der Waals surface area contributed by atoms with Crippen LogP contribution in [0.3, 0.4) is 0 Å². The molecule has 0 aliphatic carbocycles. The molecular formula is C14H13F6NO2. The summed E-state index contributed by atoms with van der Waals surface area (Å²) in [6.45, 7) is -1.87. The average molecular weight is 341 g/mol. The van der Waals surface area contributed by atoms with Crippen molar-refractivity contribution in [1.29, 1.82) is 0 Å². The fourth-order valence-electron chi connectivity index (χ4n) is 2.25. The van der Waals surface area contributed by atoms with Crippen molar-refractivity contribution >= 4 is 11.6 Å². The Kier molecular flexibility index (Phi) is 5.18. The fourth-order valence-corrected chi connectivity index (χ4v) is 2.25. The second-order valence-electron chi connectivity index (χ2n) is 5.04. The van der Waals surface area contributed by atoms with Crippen LogP contribution in [0.4, 0.5) is 32.0 Å². The summed E-state index contributed by atoms with van der Waals surface area (Å²) >= 11 is 0. The number of carbonyl (C=O) groups is 1. The largest absolute Gasteiger partial charge is 0.374 e. The minimum Gasteiger partial charge on any atom is -0.374 e. The third-order valence-corrected chi connectivity index (χ3v) is 3.39. The van der Waals surface area contributed by atoms with Crippen molar-refractivity contribution in [1.82, 2.24) is 0 Å². The molecule has 0 fully saturated rings. The normalized spacial score (nSPS) is 14.5. The summed E-state index contributed by atoms with van der Waals surface area (Å²) < 4.78 is 80.2. The van der Waals surface area contributed by atoms with Crippen molar-refractivity contribution in [3.63, 3.8) is 0 Å². The highest BCUT2D eigenvalue weighted by Gasteiger charge is 2.41. The molecule has 23 heavy (non-hydrogen) atoms. The fraction of sp³-hybridized carbons (Fsp3) is 0.500. The van der Waals surface area contributed by atoms with E-state index in [-0.39, 0.29) is 30.6 Å². The molecule has 0 radical (unpaired) electrons. The van der Waals surface area contributed by atoms with Crippen LogP contribution in [-0.2, 0) is 16.0 Å². The van der Waals surface area contributed by atoms with E-state index in [1.54, 1.807) is 0 Å². The first-order valence-corrected chi connectivity index (χ1v) is 6.74. The lowest BCUT2D eigenvalue weighted by molar-refractivity contribution is -0.166. The van der Waals surface area contributed by atoms with Crippen molar-refractivity contribution in [2.75, 3.05) is 24.7 Å². The summed E-state index contributed by atoms with van der Waals surface area (Å²) in [4.78, 5) is 13.1. The zero-order chi connectivity index (χ0) is 17.2. The number of fused-ring (bicyclic) bond motifs is 1. The van der Waals surface area contributed by atoms with E-state index in [2.05, 4.69) is 4.74 Å². The molecule has 1 aliphatic heterocycles. The lowest BCUT2D eigenvalue weighted by Crippen LogP contribution is -2.34. The number of ether oxygens (including phenoxy) is 1.